The van der Waals surface area contributed by atoms with Gasteiger partial charge in [-0.05, 0) is 54.4 Å². The van der Waals surface area contributed by atoms with Crippen LogP contribution < -0.4 is 10.6 Å². The van der Waals surface area contributed by atoms with Gasteiger partial charge in [0.25, 0.3) is 17.1 Å². The second kappa shape index (κ2) is 8.66. The molecule has 2 aliphatic rings. The van der Waals surface area contributed by atoms with Crippen LogP contribution in [0.25, 0.3) is 6.08 Å². The Labute approximate surface area is 185 Å². The van der Waals surface area contributed by atoms with Crippen LogP contribution in [0.1, 0.15) is 22.2 Å². The standard InChI is InChI=1S/C20H17N3O4S3/c1-11-17(24)22-14-9-12(4-5-15(14)29-11)18(25)21-6-7-23-19(26)16(30-20(23)27)10-13-3-2-8-28-13/h2-5,8-11H,6-7H2,1H3,(H,21,25)(H,22,24)/b16-10+. The first-order valence-electron chi connectivity index (χ1n) is 9.11. The normalized spacial score (nSPS) is 19.8. The van der Waals surface area contributed by atoms with E-state index in [0.29, 0.717) is 16.2 Å². The Bertz CT molecular complexity index is 1070. The number of nitrogens with zero attached hydrogens (tertiary/aromatic N) is 1. The number of nitrogens with one attached hydrogen (secondary N) is 2. The summed E-state index contributed by atoms with van der Waals surface area (Å²) in [6.07, 6.45) is 1.70. The first-order valence-corrected chi connectivity index (χ1v) is 11.7. The highest BCUT2D eigenvalue weighted by Crippen LogP contribution is 2.36. The van der Waals surface area contributed by atoms with Crippen molar-refractivity contribution in [3.05, 3.63) is 51.1 Å². The lowest BCUT2D eigenvalue weighted by Crippen LogP contribution is -2.37. The Morgan fingerprint density at radius 1 is 1.27 bits per heavy atom. The topological polar surface area (TPSA) is 95.6 Å². The summed E-state index contributed by atoms with van der Waals surface area (Å²) in [5.41, 5.74) is 1.01. The van der Waals surface area contributed by atoms with Crippen molar-refractivity contribution in [2.75, 3.05) is 18.4 Å². The molecule has 30 heavy (non-hydrogen) atoms. The fourth-order valence-corrected chi connectivity index (χ4v) is 5.45. The second-order valence-electron chi connectivity index (χ2n) is 6.56. The smallest absolute Gasteiger partial charge is 0.293 e. The molecule has 10 heteroatoms. The van der Waals surface area contributed by atoms with Gasteiger partial charge in [0.2, 0.25) is 5.91 Å². The van der Waals surface area contributed by atoms with E-state index in [1.165, 1.54) is 23.1 Å². The maximum atomic E-state index is 12.5. The number of rotatable bonds is 5. The molecule has 4 rings (SSSR count). The maximum absolute atomic E-state index is 12.5. The molecule has 7 nitrogen and oxygen atoms in total. The number of anilines is 1. The van der Waals surface area contributed by atoms with Crippen LogP contribution in [0.2, 0.25) is 0 Å². The van der Waals surface area contributed by atoms with Crippen LogP contribution in [0.4, 0.5) is 10.5 Å². The van der Waals surface area contributed by atoms with Crippen molar-refractivity contribution in [3.8, 4) is 0 Å². The lowest BCUT2D eigenvalue weighted by atomic mass is 10.1. The summed E-state index contributed by atoms with van der Waals surface area (Å²) in [6, 6.07) is 8.87. The number of thiophene rings is 1. The fourth-order valence-electron chi connectivity index (χ4n) is 2.93. The highest BCUT2D eigenvalue weighted by Gasteiger charge is 2.34. The number of hydrogen-bond donors (Lipinski definition) is 2. The molecule has 3 heterocycles. The number of benzene rings is 1. The third-order valence-electron chi connectivity index (χ3n) is 4.48. The summed E-state index contributed by atoms with van der Waals surface area (Å²) >= 11 is 3.83. The molecule has 1 unspecified atom stereocenters. The molecule has 1 aromatic heterocycles. The van der Waals surface area contributed by atoms with Gasteiger partial charge in [-0.1, -0.05) is 6.07 Å². The van der Waals surface area contributed by atoms with Crippen molar-refractivity contribution in [2.45, 2.75) is 17.1 Å². The molecule has 0 aliphatic carbocycles. The largest absolute Gasteiger partial charge is 0.350 e. The van der Waals surface area contributed by atoms with Crippen LogP contribution in [-0.4, -0.2) is 46.2 Å². The minimum absolute atomic E-state index is 0.0905. The summed E-state index contributed by atoms with van der Waals surface area (Å²) in [6.45, 7) is 2.05. The van der Waals surface area contributed by atoms with Gasteiger partial charge in [0, 0.05) is 28.4 Å². The van der Waals surface area contributed by atoms with Crippen molar-refractivity contribution in [1.82, 2.24) is 10.2 Å². The molecule has 2 N–H and O–H groups in total. The van der Waals surface area contributed by atoms with Crippen LogP contribution in [-0.2, 0) is 9.59 Å². The predicted octanol–water partition coefficient (Wildman–Crippen LogP) is 3.65. The Kier molecular flexibility index (Phi) is 5.98. The second-order valence-corrected chi connectivity index (χ2v) is 9.92. The highest BCUT2D eigenvalue weighted by atomic mass is 32.2. The first-order chi connectivity index (χ1) is 14.4. The fraction of sp³-hybridized carbons (Fsp3) is 0.200. The van der Waals surface area contributed by atoms with E-state index >= 15 is 0 Å². The molecule has 0 saturated carbocycles. The quantitative estimate of drug-likeness (QED) is 0.663. The molecular weight excluding hydrogens is 442 g/mol. The highest BCUT2D eigenvalue weighted by molar-refractivity contribution is 8.18. The van der Waals surface area contributed by atoms with Gasteiger partial charge in [-0.3, -0.25) is 24.1 Å². The van der Waals surface area contributed by atoms with E-state index in [9.17, 15) is 19.2 Å². The first kappa shape index (κ1) is 20.7. The number of thioether (sulfide) groups is 2. The molecular formula is C20H17N3O4S3. The van der Waals surface area contributed by atoms with E-state index in [0.717, 1.165) is 26.4 Å². The molecule has 154 valence electrons. The number of carbonyl (C=O) groups is 4. The molecule has 4 amide bonds. The Morgan fingerprint density at radius 2 is 2.10 bits per heavy atom. The van der Waals surface area contributed by atoms with Gasteiger partial charge in [-0.2, -0.15) is 0 Å². The molecule has 1 saturated heterocycles. The number of hydrogen-bond acceptors (Lipinski definition) is 7. The Hall–Kier alpha value is -2.56. The predicted molar refractivity (Wildman–Crippen MR) is 120 cm³/mol. The Morgan fingerprint density at radius 3 is 2.87 bits per heavy atom. The van der Waals surface area contributed by atoms with Crippen LogP contribution in [0.3, 0.4) is 0 Å². The van der Waals surface area contributed by atoms with Crippen molar-refractivity contribution >= 4 is 69.6 Å². The van der Waals surface area contributed by atoms with E-state index in [1.54, 1.807) is 24.3 Å². The zero-order chi connectivity index (χ0) is 21.3. The van der Waals surface area contributed by atoms with E-state index < -0.39 is 0 Å². The van der Waals surface area contributed by atoms with Gasteiger partial charge in [0.05, 0.1) is 15.8 Å². The average molecular weight is 460 g/mol. The molecule has 1 aromatic carbocycles. The van der Waals surface area contributed by atoms with Crippen molar-refractivity contribution < 1.29 is 19.2 Å². The van der Waals surface area contributed by atoms with Gasteiger partial charge >= 0.3 is 0 Å². The van der Waals surface area contributed by atoms with Gasteiger partial charge in [0.1, 0.15) is 0 Å². The monoisotopic (exact) mass is 459 g/mol. The molecule has 1 fully saturated rings. The SMILES string of the molecule is CC1Sc2ccc(C(=O)NCCN3C(=O)S/C(=C/c4cccs4)C3=O)cc2NC1=O. The summed E-state index contributed by atoms with van der Waals surface area (Å²) in [7, 11) is 0. The van der Waals surface area contributed by atoms with E-state index in [-0.39, 0.29) is 41.3 Å². The lowest BCUT2D eigenvalue weighted by molar-refractivity contribution is -0.122. The lowest BCUT2D eigenvalue weighted by Gasteiger charge is -2.21. The summed E-state index contributed by atoms with van der Waals surface area (Å²) in [5.74, 6) is -0.785. The third kappa shape index (κ3) is 4.30. The minimum atomic E-state index is -0.352. The zero-order valence-electron chi connectivity index (χ0n) is 15.8. The molecule has 2 aliphatic heterocycles. The number of imide groups is 1. The summed E-state index contributed by atoms with van der Waals surface area (Å²) < 4.78 is 0. The zero-order valence-corrected chi connectivity index (χ0v) is 18.3. The van der Waals surface area contributed by atoms with Crippen LogP contribution in [0, 0.1) is 0 Å². The van der Waals surface area contributed by atoms with Crippen molar-refractivity contribution in [3.63, 3.8) is 0 Å². The minimum Gasteiger partial charge on any atom is -0.350 e. The van der Waals surface area contributed by atoms with Crippen LogP contribution >= 0.6 is 34.9 Å². The van der Waals surface area contributed by atoms with Gasteiger partial charge in [0.15, 0.2) is 0 Å². The molecule has 2 aromatic rings. The van der Waals surface area contributed by atoms with Gasteiger partial charge in [-0.15, -0.1) is 23.1 Å². The van der Waals surface area contributed by atoms with E-state index in [1.807, 2.05) is 24.4 Å². The van der Waals surface area contributed by atoms with E-state index in [4.69, 9.17) is 0 Å². The van der Waals surface area contributed by atoms with Crippen LogP contribution in [0.15, 0.2) is 45.5 Å². The van der Waals surface area contributed by atoms with Crippen molar-refractivity contribution in [2.24, 2.45) is 0 Å². The molecule has 0 spiro atoms. The number of carbonyl (C=O) groups excluding carboxylic acids is 4. The third-order valence-corrected chi connectivity index (χ3v) is 7.39. The molecule has 0 bridgehead atoms. The maximum Gasteiger partial charge on any atom is 0.293 e. The molecule has 0 radical (unpaired) electrons. The summed E-state index contributed by atoms with van der Waals surface area (Å²) in [4.78, 5) is 52.3. The van der Waals surface area contributed by atoms with Crippen molar-refractivity contribution in [1.29, 1.82) is 0 Å². The number of amides is 4. The van der Waals surface area contributed by atoms with E-state index in [2.05, 4.69) is 10.6 Å². The average Bonchev–Trinajstić information content (AvgIpc) is 3.32. The van der Waals surface area contributed by atoms with Gasteiger partial charge in [-0.25, -0.2) is 0 Å². The summed E-state index contributed by atoms with van der Waals surface area (Å²) in [5, 5.41) is 6.89. The number of fused-ring (bicyclic) bond motifs is 1. The van der Waals surface area contributed by atoms with Gasteiger partial charge < -0.3 is 10.6 Å². The Balaban J connectivity index is 1.35. The van der Waals surface area contributed by atoms with Crippen LogP contribution in [0.5, 0.6) is 0 Å². The molecule has 1 atom stereocenters.